The van der Waals surface area contributed by atoms with Crippen LogP contribution in [-0.2, 0) is 78.3 Å². The van der Waals surface area contributed by atoms with Crippen LogP contribution in [0.25, 0.3) is 0 Å². The minimum absolute atomic E-state index is 0.0167. The van der Waals surface area contributed by atoms with E-state index in [9.17, 15) is 82.1 Å². The number of nitrogens with one attached hydrogen (secondary N) is 9. The zero-order valence-electron chi connectivity index (χ0n) is 57.0. The number of likely N-dealkylation sites (tertiary alicyclic amines) is 2. The van der Waals surface area contributed by atoms with E-state index < -0.39 is 193 Å². The Morgan fingerprint density at radius 2 is 0.845 bits per heavy atom. The predicted octanol–water partition coefficient (Wildman–Crippen LogP) is -3.07. The minimum Gasteiger partial charge on any atom is -0.481 e. The molecule has 33 heteroatoms. The highest BCUT2D eigenvalue weighted by atomic mass is 32.2. The van der Waals surface area contributed by atoms with Gasteiger partial charge in [0.1, 0.15) is 72.5 Å². The van der Waals surface area contributed by atoms with Gasteiger partial charge in [0.15, 0.2) is 0 Å². The molecule has 32 nitrogen and oxygen atoms in total. The molecule has 2 aliphatic heterocycles. The van der Waals surface area contributed by atoms with Crippen molar-refractivity contribution in [1.82, 2.24) is 57.7 Å². The minimum atomic E-state index is -1.93. The summed E-state index contributed by atoms with van der Waals surface area (Å²) in [5.74, 6) is -14.1. The lowest BCUT2D eigenvalue weighted by molar-refractivity contribution is -0.144. The molecule has 0 radical (unpaired) electrons. The van der Waals surface area contributed by atoms with Crippen molar-refractivity contribution in [2.75, 3.05) is 31.7 Å². The third kappa shape index (κ3) is 28.3. The number of hydrogen-bond donors (Lipinski definition) is 15. The van der Waals surface area contributed by atoms with Crippen molar-refractivity contribution in [1.29, 1.82) is 0 Å². The van der Waals surface area contributed by atoms with Crippen molar-refractivity contribution in [2.45, 2.75) is 218 Å². The van der Waals surface area contributed by atoms with Gasteiger partial charge in [-0.25, -0.2) is 0 Å². The topological polar surface area (TPSA) is 515 Å². The summed E-state index contributed by atoms with van der Waals surface area (Å²) in [4.78, 5) is 207. The van der Waals surface area contributed by atoms with Gasteiger partial charge in [0.05, 0.1) is 19.4 Å². The lowest BCUT2D eigenvalue weighted by Crippen LogP contribution is -2.61. The highest BCUT2D eigenvalue weighted by Crippen LogP contribution is 2.24. The van der Waals surface area contributed by atoms with Gasteiger partial charge in [-0.1, -0.05) is 85.7 Å². The van der Waals surface area contributed by atoms with Crippen LogP contribution in [0.4, 0.5) is 0 Å². The van der Waals surface area contributed by atoms with E-state index in [-0.39, 0.29) is 81.0 Å². The second-order valence-electron chi connectivity index (χ2n) is 26.4. The van der Waals surface area contributed by atoms with Gasteiger partial charge in [0, 0.05) is 25.9 Å². The maximum absolute atomic E-state index is 14.9. The summed E-state index contributed by atoms with van der Waals surface area (Å²) >= 11 is 1.33. The Labute approximate surface area is 570 Å². The largest absolute Gasteiger partial charge is 0.481 e. The highest BCUT2D eigenvalue weighted by Gasteiger charge is 2.43. The molecule has 97 heavy (non-hydrogen) atoms. The summed E-state index contributed by atoms with van der Waals surface area (Å²) < 4.78 is 0. The Morgan fingerprint density at radius 3 is 1.26 bits per heavy atom. The number of nitrogens with zero attached hydrogens (tertiary/aromatic N) is 2. The number of thioether (sulfide) groups is 1. The zero-order valence-corrected chi connectivity index (χ0v) is 57.8. The molecule has 0 bridgehead atoms. The molecule has 1 aromatic rings. The maximum atomic E-state index is 14.9. The number of carboxylic acid groups (broad SMARTS) is 1. The summed E-state index contributed by atoms with van der Waals surface area (Å²) in [5.41, 5.74) is 22.6. The molecule has 1 aromatic carbocycles. The Kier molecular flexibility index (Phi) is 34.9. The lowest BCUT2D eigenvalue weighted by Gasteiger charge is -2.33. The first-order valence-corrected chi connectivity index (χ1v) is 34.3. The molecule has 2 fully saturated rings. The number of aliphatic hydroxyl groups is 1. The number of primary amides is 3. The first-order chi connectivity index (χ1) is 45.6. The summed E-state index contributed by atoms with van der Waals surface area (Å²) in [6.45, 7) is 14.2. The number of aliphatic carboxylic acids is 1. The SMILES string of the molecule is CSCC[C@H](NC(=O)[C@H](Cc1ccccc1)NC(=O)[C@H](CC(N)=O)NC(=O)[C@H](CC(N)=O)NC(=O)[C@H](CCC(=O)O)NC(=O)[C@@H](N)CO)C(=O)N[C@@H](CC(C)C)C(=O)N1CCC[C@H]1C(=O)N[C@@H](CC(C)C)C(=O)N[C@@H](CC(C)C)C(=O)N1CCC[C@H]1C(=O)N[C@@H](CC(C)C)C(N)=O. The van der Waals surface area contributed by atoms with Gasteiger partial charge in [-0.3, -0.25) is 71.9 Å². The molecule has 12 atom stereocenters. The standard InChI is InChI=1S/C64H103N15O17S/c1-33(2)25-41(53(68)85)71-61(93)48-17-13-22-78(48)64(96)47(28-36(7)8)77-57(89)42(26-34(3)4)75-62(94)49-18-14-23-79(49)63(95)46(27-35(5)6)76-56(88)40(21-24-97-9)70-58(90)43(29-37-15-11-10-12-16-37)72-59(91)45(31-51(67)82)74-60(92)44(30-50(66)81)73-55(87)39(19-20-52(83)84)69-54(86)38(65)32-80/h10-12,15-16,33-36,38-49,80H,13-14,17-32,65H2,1-9H3,(H2,66,81)(H2,67,82)(H2,68,85)(H,69,86)(H,70,90)(H,71,93)(H,72,91)(H,73,87)(H,74,92)(H,75,94)(H,76,88)(H,77,89)(H,83,84)/t38-,39-,40-,41-,42-,43-,44-,45-,46-,47-,48-,49-/m0/s1. The molecule has 0 saturated carbocycles. The fourth-order valence-corrected chi connectivity index (χ4v) is 11.7. The summed E-state index contributed by atoms with van der Waals surface area (Å²) in [7, 11) is 0. The van der Waals surface area contributed by atoms with Gasteiger partial charge >= 0.3 is 5.97 Å². The van der Waals surface area contributed by atoms with Gasteiger partial charge < -0.3 is 90.8 Å². The first kappa shape index (κ1) is 82.8. The predicted molar refractivity (Wildman–Crippen MR) is 357 cm³/mol. The van der Waals surface area contributed by atoms with Crippen molar-refractivity contribution >= 4 is 100 Å². The van der Waals surface area contributed by atoms with Gasteiger partial charge in [-0.2, -0.15) is 11.8 Å². The Morgan fingerprint density at radius 1 is 0.485 bits per heavy atom. The lowest BCUT2D eigenvalue weighted by atomic mass is 9.99. The molecule has 0 aliphatic carbocycles. The number of carboxylic acids is 1. The van der Waals surface area contributed by atoms with Crippen LogP contribution in [0.5, 0.6) is 0 Å². The molecular weight excluding hydrogens is 1280 g/mol. The zero-order chi connectivity index (χ0) is 73.0. The quantitative estimate of drug-likeness (QED) is 0.0309. The Bertz CT molecular complexity index is 2920. The number of rotatable bonds is 42. The molecular formula is C64H103N15O17S. The summed E-state index contributed by atoms with van der Waals surface area (Å²) in [6.07, 6.45) is 0.413. The fraction of sp³-hybridized carbons (Fsp3) is 0.672. The van der Waals surface area contributed by atoms with Crippen molar-refractivity contribution in [3.05, 3.63) is 35.9 Å². The van der Waals surface area contributed by atoms with Crippen LogP contribution in [0, 0.1) is 23.7 Å². The van der Waals surface area contributed by atoms with Gasteiger partial charge in [0.2, 0.25) is 82.7 Å². The maximum Gasteiger partial charge on any atom is 0.303 e. The fourth-order valence-electron chi connectivity index (χ4n) is 11.3. The number of carbonyl (C=O) groups excluding carboxylic acids is 14. The van der Waals surface area contributed by atoms with E-state index in [1.807, 2.05) is 55.4 Å². The average molecular weight is 1390 g/mol. The third-order valence-corrected chi connectivity index (χ3v) is 16.7. The molecule has 2 heterocycles. The van der Waals surface area contributed by atoms with Gasteiger partial charge in [-0.15, -0.1) is 0 Å². The van der Waals surface area contributed by atoms with Gasteiger partial charge in [-0.05, 0) is 105 Å². The molecule has 2 aliphatic rings. The van der Waals surface area contributed by atoms with E-state index in [0.717, 1.165) is 0 Å². The van der Waals surface area contributed by atoms with E-state index in [0.29, 0.717) is 31.2 Å². The molecule has 2 saturated heterocycles. The monoisotopic (exact) mass is 1390 g/mol. The van der Waals surface area contributed by atoms with Crippen molar-refractivity contribution < 1.29 is 82.1 Å². The van der Waals surface area contributed by atoms with Crippen LogP contribution in [0.3, 0.4) is 0 Å². The average Bonchev–Trinajstić information content (AvgIpc) is 1.86. The number of nitrogens with two attached hydrogens (primary N) is 4. The molecule has 19 N–H and O–H groups in total. The molecule has 3 rings (SSSR count). The number of hydrogen-bond acceptors (Lipinski definition) is 18. The normalized spacial score (nSPS) is 17.6. The van der Waals surface area contributed by atoms with E-state index in [1.54, 1.807) is 36.6 Å². The van der Waals surface area contributed by atoms with Crippen molar-refractivity contribution in [2.24, 2.45) is 46.6 Å². The van der Waals surface area contributed by atoms with Crippen LogP contribution >= 0.6 is 11.8 Å². The van der Waals surface area contributed by atoms with Crippen molar-refractivity contribution in [3.8, 4) is 0 Å². The molecule has 14 amide bonds. The second kappa shape index (κ2) is 40.9. The molecule has 0 aromatic heterocycles. The van der Waals surface area contributed by atoms with Gasteiger partial charge in [0.25, 0.3) is 0 Å². The Hall–Kier alpha value is -8.46. The van der Waals surface area contributed by atoms with E-state index in [2.05, 4.69) is 47.9 Å². The summed E-state index contributed by atoms with van der Waals surface area (Å²) in [5, 5.41) is 41.7. The van der Waals surface area contributed by atoms with Crippen LogP contribution in [0.15, 0.2) is 30.3 Å². The van der Waals surface area contributed by atoms with E-state index in [1.165, 1.54) is 21.6 Å². The molecule has 0 unspecified atom stereocenters. The number of carbonyl (C=O) groups is 15. The summed E-state index contributed by atoms with van der Waals surface area (Å²) in [6, 6.07) is -8.36. The Balaban J connectivity index is 1.92. The smallest absolute Gasteiger partial charge is 0.303 e. The van der Waals surface area contributed by atoms with E-state index >= 15 is 0 Å². The second-order valence-corrected chi connectivity index (χ2v) is 27.4. The van der Waals surface area contributed by atoms with Crippen LogP contribution < -0.4 is 70.8 Å². The van der Waals surface area contributed by atoms with Crippen molar-refractivity contribution in [3.63, 3.8) is 0 Å². The molecule has 542 valence electrons. The van der Waals surface area contributed by atoms with Crippen LogP contribution in [-0.4, -0.2) is 213 Å². The number of amides is 14. The first-order valence-electron chi connectivity index (χ1n) is 32.9. The third-order valence-electron chi connectivity index (χ3n) is 16.1. The number of aliphatic hydroxyl groups excluding tert-OH is 1. The van der Waals surface area contributed by atoms with Crippen LogP contribution in [0.1, 0.15) is 144 Å². The number of benzene rings is 1. The highest BCUT2D eigenvalue weighted by molar-refractivity contribution is 7.98. The van der Waals surface area contributed by atoms with Crippen LogP contribution in [0.2, 0.25) is 0 Å². The molecule has 0 spiro atoms. The van der Waals surface area contributed by atoms with E-state index in [4.69, 9.17) is 22.9 Å².